The van der Waals surface area contributed by atoms with Gasteiger partial charge in [-0.05, 0) is 30.1 Å². The first-order valence-corrected chi connectivity index (χ1v) is 8.35. The summed E-state index contributed by atoms with van der Waals surface area (Å²) in [5, 5.41) is 6.24. The van der Waals surface area contributed by atoms with E-state index < -0.39 is 0 Å². The molecule has 4 amide bonds. The second kappa shape index (κ2) is 5.32. The number of urea groups is 2. The van der Waals surface area contributed by atoms with Crippen LogP contribution in [-0.4, -0.2) is 60.6 Å². The first-order chi connectivity index (χ1) is 10.3. The maximum atomic E-state index is 12.0. The van der Waals surface area contributed by atoms with Crippen molar-refractivity contribution in [2.24, 2.45) is 10.8 Å². The highest BCUT2D eigenvalue weighted by molar-refractivity contribution is 5.77. The van der Waals surface area contributed by atoms with Gasteiger partial charge in [0.25, 0.3) is 0 Å². The predicted octanol–water partition coefficient (Wildman–Crippen LogP) is 1.62. The van der Waals surface area contributed by atoms with Crippen LogP contribution in [0.1, 0.15) is 40.0 Å². The number of carbonyl (C=O) groups is 2. The van der Waals surface area contributed by atoms with Crippen LogP contribution in [0, 0.1) is 10.8 Å². The van der Waals surface area contributed by atoms with Crippen LogP contribution >= 0.6 is 0 Å². The molecule has 124 valence electrons. The number of nitrogens with one attached hydrogen (secondary N) is 2. The Morgan fingerprint density at radius 3 is 2.18 bits per heavy atom. The molecular weight excluding hydrogens is 280 g/mol. The Morgan fingerprint density at radius 1 is 1.00 bits per heavy atom. The molecule has 0 aromatic heterocycles. The average molecular weight is 308 g/mol. The van der Waals surface area contributed by atoms with Crippen molar-refractivity contribution in [1.29, 1.82) is 0 Å². The van der Waals surface area contributed by atoms with E-state index >= 15 is 0 Å². The summed E-state index contributed by atoms with van der Waals surface area (Å²) in [6.45, 7) is 10.9. The number of hydrogen-bond donors (Lipinski definition) is 2. The third-order valence-corrected chi connectivity index (χ3v) is 4.91. The van der Waals surface area contributed by atoms with Crippen molar-refractivity contribution in [2.75, 3.05) is 32.7 Å². The van der Waals surface area contributed by atoms with Gasteiger partial charge in [0.05, 0.1) is 0 Å². The summed E-state index contributed by atoms with van der Waals surface area (Å²) in [5.74, 6) is 0. The molecule has 0 aromatic rings. The van der Waals surface area contributed by atoms with Crippen molar-refractivity contribution in [2.45, 2.75) is 46.1 Å². The van der Waals surface area contributed by atoms with Gasteiger partial charge < -0.3 is 20.4 Å². The van der Waals surface area contributed by atoms with E-state index in [1.54, 1.807) is 4.90 Å². The van der Waals surface area contributed by atoms with Gasteiger partial charge in [-0.2, -0.15) is 0 Å². The summed E-state index contributed by atoms with van der Waals surface area (Å²) in [4.78, 5) is 27.5. The van der Waals surface area contributed by atoms with Gasteiger partial charge in [-0.25, -0.2) is 9.59 Å². The normalized spacial score (nSPS) is 32.4. The molecule has 0 aromatic carbocycles. The minimum atomic E-state index is 0.0320. The monoisotopic (exact) mass is 308 g/mol. The molecule has 6 nitrogen and oxygen atoms in total. The molecule has 2 aliphatic heterocycles. The van der Waals surface area contributed by atoms with Gasteiger partial charge in [-0.3, -0.25) is 0 Å². The number of carbonyl (C=O) groups excluding carboxylic acids is 2. The Balaban J connectivity index is 1.58. The molecule has 3 fully saturated rings. The largest absolute Gasteiger partial charge is 0.337 e. The van der Waals surface area contributed by atoms with Crippen molar-refractivity contribution in [1.82, 2.24) is 20.4 Å². The van der Waals surface area contributed by atoms with Crippen molar-refractivity contribution in [3.05, 3.63) is 0 Å². The van der Waals surface area contributed by atoms with Crippen molar-refractivity contribution >= 4 is 12.1 Å². The Bertz CT molecular complexity index is 471. The van der Waals surface area contributed by atoms with E-state index in [2.05, 4.69) is 31.4 Å². The van der Waals surface area contributed by atoms with Crippen LogP contribution in [-0.2, 0) is 0 Å². The minimum absolute atomic E-state index is 0.0320. The molecule has 2 atom stereocenters. The van der Waals surface area contributed by atoms with E-state index in [0.29, 0.717) is 6.54 Å². The first kappa shape index (κ1) is 15.4. The number of hydrogen-bond acceptors (Lipinski definition) is 2. The molecular formula is C16H28N4O2. The third-order valence-electron chi connectivity index (χ3n) is 4.91. The molecule has 2 N–H and O–H groups in total. The number of amides is 4. The molecule has 0 spiro atoms. The average Bonchev–Trinajstić information content (AvgIpc) is 3.27. The molecule has 2 unspecified atom stereocenters. The van der Waals surface area contributed by atoms with Crippen LogP contribution in [0.15, 0.2) is 0 Å². The lowest BCUT2D eigenvalue weighted by Crippen LogP contribution is -2.51. The lowest BCUT2D eigenvalue weighted by atomic mass is 9.62. The molecule has 1 aliphatic carbocycles. The second-order valence-electron chi connectivity index (χ2n) is 8.34. The van der Waals surface area contributed by atoms with Crippen LogP contribution in [0.5, 0.6) is 0 Å². The van der Waals surface area contributed by atoms with E-state index in [1.165, 1.54) is 0 Å². The summed E-state index contributed by atoms with van der Waals surface area (Å²) in [7, 11) is 0. The zero-order chi connectivity index (χ0) is 16.0. The highest BCUT2D eigenvalue weighted by atomic mass is 16.2. The molecule has 2 heterocycles. The molecule has 3 aliphatic rings. The molecule has 2 saturated heterocycles. The van der Waals surface area contributed by atoms with Crippen LogP contribution < -0.4 is 10.6 Å². The molecule has 3 rings (SSSR count). The molecule has 1 saturated carbocycles. The molecule has 0 bridgehead atoms. The van der Waals surface area contributed by atoms with Gasteiger partial charge in [-0.15, -0.1) is 0 Å². The summed E-state index contributed by atoms with van der Waals surface area (Å²) >= 11 is 0. The lowest BCUT2D eigenvalue weighted by molar-refractivity contribution is 0.0736. The number of rotatable bonds is 3. The van der Waals surface area contributed by atoms with Crippen LogP contribution in [0.3, 0.4) is 0 Å². The second-order valence-corrected chi connectivity index (χ2v) is 8.34. The van der Waals surface area contributed by atoms with Gasteiger partial charge in [0.15, 0.2) is 0 Å². The Hall–Kier alpha value is -1.46. The van der Waals surface area contributed by atoms with Gasteiger partial charge >= 0.3 is 12.1 Å². The lowest BCUT2D eigenvalue weighted by Gasteiger charge is -2.47. The third kappa shape index (κ3) is 3.84. The predicted molar refractivity (Wildman–Crippen MR) is 84.6 cm³/mol. The quantitative estimate of drug-likeness (QED) is 0.778. The van der Waals surface area contributed by atoms with Crippen molar-refractivity contribution in [3.8, 4) is 0 Å². The highest BCUT2D eigenvalue weighted by Crippen LogP contribution is 2.45. The van der Waals surface area contributed by atoms with Crippen LogP contribution in [0.25, 0.3) is 0 Å². The smallest absolute Gasteiger partial charge is 0.317 e. The summed E-state index contributed by atoms with van der Waals surface area (Å²) in [6.07, 6.45) is 2.99. The van der Waals surface area contributed by atoms with E-state index in [-0.39, 0.29) is 28.9 Å². The van der Waals surface area contributed by atoms with Gasteiger partial charge in [-0.1, -0.05) is 20.8 Å². The number of nitrogens with zero attached hydrogens (tertiary/aromatic N) is 2. The summed E-state index contributed by atoms with van der Waals surface area (Å²) in [6, 6.07) is 0.312. The first-order valence-electron chi connectivity index (χ1n) is 8.35. The maximum absolute atomic E-state index is 12.0. The maximum Gasteiger partial charge on any atom is 0.317 e. The van der Waals surface area contributed by atoms with Gasteiger partial charge in [0, 0.05) is 38.8 Å². The van der Waals surface area contributed by atoms with E-state index in [1.807, 2.05) is 4.90 Å². The Morgan fingerprint density at radius 2 is 1.59 bits per heavy atom. The Kier molecular flexibility index (Phi) is 3.73. The molecule has 6 heteroatoms. The topological polar surface area (TPSA) is 64.2 Å². The van der Waals surface area contributed by atoms with Crippen molar-refractivity contribution < 1.29 is 9.59 Å². The standard InChI is InChI=1S/C16H28N4O2/c1-15(2)8-12(18-14(22)20-6-7-20)9-16(3,10-15)11-17-13(21)19-4-5-19/h12H,4-11H2,1-3H3,(H,17,21)(H,18,22). The highest BCUT2D eigenvalue weighted by Gasteiger charge is 2.43. The van der Waals surface area contributed by atoms with Gasteiger partial charge in [0.2, 0.25) is 0 Å². The summed E-state index contributed by atoms with van der Waals surface area (Å²) in [5.41, 5.74) is 0.207. The van der Waals surface area contributed by atoms with Gasteiger partial charge in [0.1, 0.15) is 0 Å². The van der Waals surface area contributed by atoms with Crippen LogP contribution in [0.2, 0.25) is 0 Å². The fourth-order valence-corrected chi connectivity index (χ4v) is 4.04. The molecule has 0 radical (unpaired) electrons. The minimum Gasteiger partial charge on any atom is -0.337 e. The summed E-state index contributed by atoms with van der Waals surface area (Å²) < 4.78 is 0. The van der Waals surface area contributed by atoms with E-state index in [0.717, 1.165) is 45.4 Å². The SMILES string of the molecule is CC1(C)CC(NC(=O)N2CC2)CC(C)(CNC(=O)N2CC2)C1. The Labute approximate surface area is 132 Å². The van der Waals surface area contributed by atoms with E-state index in [4.69, 9.17) is 0 Å². The fourth-order valence-electron chi connectivity index (χ4n) is 4.04. The van der Waals surface area contributed by atoms with Crippen molar-refractivity contribution in [3.63, 3.8) is 0 Å². The molecule has 22 heavy (non-hydrogen) atoms. The zero-order valence-electron chi connectivity index (χ0n) is 13.9. The van der Waals surface area contributed by atoms with Crippen LogP contribution in [0.4, 0.5) is 9.59 Å². The fraction of sp³-hybridized carbons (Fsp3) is 0.875. The van der Waals surface area contributed by atoms with E-state index in [9.17, 15) is 9.59 Å². The zero-order valence-corrected chi connectivity index (χ0v) is 13.9.